The quantitative estimate of drug-likeness (QED) is 0.626. The first kappa shape index (κ1) is 7.25. The lowest BCUT2D eigenvalue weighted by Gasteiger charge is -1.93. The average molecular weight is 186 g/mol. The highest BCUT2D eigenvalue weighted by molar-refractivity contribution is 5.79. The first-order valence-corrected chi connectivity index (χ1v) is 4.13. The van der Waals surface area contributed by atoms with E-state index in [4.69, 9.17) is 0 Å². The molecule has 3 aromatic rings. The summed E-state index contributed by atoms with van der Waals surface area (Å²) in [5, 5.41) is 4.78. The van der Waals surface area contributed by atoms with E-state index in [9.17, 15) is 0 Å². The van der Waals surface area contributed by atoms with Gasteiger partial charge in [0.25, 0.3) is 0 Å². The average Bonchev–Trinajstić information content (AvgIpc) is 2.88. The summed E-state index contributed by atoms with van der Waals surface area (Å²) >= 11 is 0. The van der Waals surface area contributed by atoms with E-state index in [2.05, 4.69) is 24.6 Å². The summed E-state index contributed by atoms with van der Waals surface area (Å²) in [5.41, 5.74) is 1.71. The van der Waals surface area contributed by atoms with Crippen molar-refractivity contribution >= 4 is 11.0 Å². The molecule has 0 saturated carbocycles. The Kier molecular flexibility index (Phi) is 1.38. The SMILES string of the molecule is c1cc2cc(-c3ncon3)cnc2[nH]1. The van der Waals surface area contributed by atoms with Crippen LogP contribution in [0.25, 0.3) is 22.4 Å². The Hall–Kier alpha value is -2.17. The number of hydrogen-bond acceptors (Lipinski definition) is 4. The van der Waals surface area contributed by atoms with E-state index >= 15 is 0 Å². The summed E-state index contributed by atoms with van der Waals surface area (Å²) in [6, 6.07) is 3.91. The van der Waals surface area contributed by atoms with Crippen LogP contribution in [0.3, 0.4) is 0 Å². The van der Waals surface area contributed by atoms with Crippen molar-refractivity contribution in [3.05, 3.63) is 30.9 Å². The molecule has 0 spiro atoms. The number of fused-ring (bicyclic) bond motifs is 1. The second kappa shape index (κ2) is 2.66. The topological polar surface area (TPSA) is 67.6 Å². The van der Waals surface area contributed by atoms with Crippen molar-refractivity contribution in [3.8, 4) is 11.4 Å². The van der Waals surface area contributed by atoms with Gasteiger partial charge >= 0.3 is 0 Å². The normalized spacial score (nSPS) is 10.9. The molecule has 0 fully saturated rings. The van der Waals surface area contributed by atoms with E-state index in [0.717, 1.165) is 16.6 Å². The number of nitrogens with one attached hydrogen (secondary N) is 1. The summed E-state index contributed by atoms with van der Waals surface area (Å²) in [6.45, 7) is 0. The third-order valence-electron chi connectivity index (χ3n) is 2.02. The zero-order valence-electron chi connectivity index (χ0n) is 7.14. The van der Waals surface area contributed by atoms with Crippen LogP contribution in [0.5, 0.6) is 0 Å². The molecule has 0 radical (unpaired) electrons. The number of hydrogen-bond donors (Lipinski definition) is 1. The van der Waals surface area contributed by atoms with Gasteiger partial charge in [0.2, 0.25) is 12.2 Å². The highest BCUT2D eigenvalue weighted by Crippen LogP contribution is 2.18. The minimum Gasteiger partial charge on any atom is -0.346 e. The molecule has 68 valence electrons. The van der Waals surface area contributed by atoms with E-state index in [1.165, 1.54) is 6.39 Å². The van der Waals surface area contributed by atoms with Crippen LogP contribution in [0.4, 0.5) is 0 Å². The molecule has 0 aromatic carbocycles. The van der Waals surface area contributed by atoms with Gasteiger partial charge in [0, 0.05) is 23.3 Å². The smallest absolute Gasteiger partial charge is 0.214 e. The number of H-pyrrole nitrogens is 1. The molecule has 5 nitrogen and oxygen atoms in total. The number of aromatic nitrogens is 4. The van der Waals surface area contributed by atoms with Gasteiger partial charge in [0.15, 0.2) is 0 Å². The Morgan fingerprint density at radius 3 is 3.14 bits per heavy atom. The summed E-state index contributed by atoms with van der Waals surface area (Å²) in [7, 11) is 0. The van der Waals surface area contributed by atoms with E-state index in [1.807, 2.05) is 18.3 Å². The fourth-order valence-corrected chi connectivity index (χ4v) is 1.36. The van der Waals surface area contributed by atoms with Crippen molar-refractivity contribution in [2.75, 3.05) is 0 Å². The van der Waals surface area contributed by atoms with Crippen LogP contribution in [0.2, 0.25) is 0 Å². The Balaban J connectivity index is 2.23. The lowest BCUT2D eigenvalue weighted by Crippen LogP contribution is -1.82. The molecule has 0 atom stereocenters. The molecular weight excluding hydrogens is 180 g/mol. The van der Waals surface area contributed by atoms with Crippen LogP contribution in [0.1, 0.15) is 0 Å². The van der Waals surface area contributed by atoms with E-state index in [0.29, 0.717) is 5.82 Å². The van der Waals surface area contributed by atoms with Gasteiger partial charge in [-0.2, -0.15) is 4.98 Å². The molecule has 3 aromatic heterocycles. The highest BCUT2D eigenvalue weighted by Gasteiger charge is 2.04. The van der Waals surface area contributed by atoms with Gasteiger partial charge in [-0.05, 0) is 12.1 Å². The maximum Gasteiger partial charge on any atom is 0.214 e. The number of pyridine rings is 1. The first-order chi connectivity index (χ1) is 6.93. The summed E-state index contributed by atoms with van der Waals surface area (Å²) in [6.07, 6.45) is 4.86. The predicted octanol–water partition coefficient (Wildman–Crippen LogP) is 1.61. The molecule has 3 heterocycles. The maximum atomic E-state index is 4.67. The molecule has 14 heavy (non-hydrogen) atoms. The van der Waals surface area contributed by atoms with Gasteiger partial charge in [-0.25, -0.2) is 4.98 Å². The first-order valence-electron chi connectivity index (χ1n) is 4.13. The lowest BCUT2D eigenvalue weighted by atomic mass is 10.2. The van der Waals surface area contributed by atoms with Gasteiger partial charge in [0.05, 0.1) is 0 Å². The van der Waals surface area contributed by atoms with Gasteiger partial charge in [0.1, 0.15) is 5.65 Å². The van der Waals surface area contributed by atoms with Crippen molar-refractivity contribution in [2.45, 2.75) is 0 Å². The maximum absolute atomic E-state index is 4.67. The largest absolute Gasteiger partial charge is 0.346 e. The zero-order valence-corrected chi connectivity index (χ0v) is 7.14. The van der Waals surface area contributed by atoms with Crippen molar-refractivity contribution in [2.24, 2.45) is 0 Å². The molecule has 0 aliphatic carbocycles. The molecule has 0 unspecified atom stereocenters. The van der Waals surface area contributed by atoms with Crippen molar-refractivity contribution in [1.29, 1.82) is 0 Å². The minimum absolute atomic E-state index is 0.556. The van der Waals surface area contributed by atoms with Crippen LogP contribution in [-0.2, 0) is 0 Å². The van der Waals surface area contributed by atoms with E-state index in [-0.39, 0.29) is 0 Å². The van der Waals surface area contributed by atoms with Gasteiger partial charge < -0.3 is 9.51 Å². The van der Waals surface area contributed by atoms with Crippen molar-refractivity contribution in [1.82, 2.24) is 20.1 Å². The molecule has 0 amide bonds. The molecule has 0 aliphatic heterocycles. The highest BCUT2D eigenvalue weighted by atomic mass is 16.5. The zero-order chi connectivity index (χ0) is 9.38. The van der Waals surface area contributed by atoms with Crippen LogP contribution in [0, 0.1) is 0 Å². The fraction of sp³-hybridized carbons (Fsp3) is 0. The lowest BCUT2D eigenvalue weighted by molar-refractivity contribution is 0.418. The van der Waals surface area contributed by atoms with Gasteiger partial charge in [-0.1, -0.05) is 5.16 Å². The monoisotopic (exact) mass is 186 g/mol. The van der Waals surface area contributed by atoms with E-state index in [1.54, 1.807) is 6.20 Å². The fourth-order valence-electron chi connectivity index (χ4n) is 1.36. The summed E-state index contributed by atoms with van der Waals surface area (Å²) < 4.78 is 4.67. The molecule has 0 bridgehead atoms. The minimum atomic E-state index is 0.556. The number of nitrogens with zero attached hydrogens (tertiary/aromatic N) is 3. The molecule has 5 heteroatoms. The molecule has 3 rings (SSSR count). The molecular formula is C9H6N4O. The van der Waals surface area contributed by atoms with Crippen LogP contribution in [-0.4, -0.2) is 20.1 Å². The van der Waals surface area contributed by atoms with Crippen molar-refractivity contribution < 1.29 is 4.52 Å². The van der Waals surface area contributed by atoms with Crippen molar-refractivity contribution in [3.63, 3.8) is 0 Å². The van der Waals surface area contributed by atoms with Crippen LogP contribution < -0.4 is 0 Å². The van der Waals surface area contributed by atoms with Gasteiger partial charge in [-0.3, -0.25) is 0 Å². The third-order valence-corrected chi connectivity index (χ3v) is 2.02. The van der Waals surface area contributed by atoms with Crippen LogP contribution in [0.15, 0.2) is 35.4 Å². The second-order valence-electron chi connectivity index (χ2n) is 2.89. The summed E-state index contributed by atoms with van der Waals surface area (Å²) in [4.78, 5) is 11.2. The summed E-state index contributed by atoms with van der Waals surface area (Å²) in [5.74, 6) is 0.556. The Labute approximate surface area is 78.8 Å². The predicted molar refractivity (Wildman–Crippen MR) is 49.4 cm³/mol. The van der Waals surface area contributed by atoms with Gasteiger partial charge in [-0.15, -0.1) is 0 Å². The van der Waals surface area contributed by atoms with E-state index < -0.39 is 0 Å². The molecule has 0 aliphatic rings. The Bertz CT molecular complexity index is 555. The number of rotatable bonds is 1. The second-order valence-corrected chi connectivity index (χ2v) is 2.89. The Morgan fingerprint density at radius 2 is 2.29 bits per heavy atom. The standard InChI is InChI=1S/C9H6N4O/c1-2-10-8-6(1)3-7(4-11-8)9-12-5-14-13-9/h1-5H,(H,10,11). The molecule has 0 saturated heterocycles. The molecule has 1 N–H and O–H groups in total. The third kappa shape index (κ3) is 0.990. The van der Waals surface area contributed by atoms with Crippen LogP contribution >= 0.6 is 0 Å². The Morgan fingerprint density at radius 1 is 1.29 bits per heavy atom. The number of aromatic amines is 1.